The molecule has 94 valence electrons. The van der Waals surface area contributed by atoms with E-state index < -0.39 is 23.7 Å². The third-order valence-corrected chi connectivity index (χ3v) is 1.98. The minimum absolute atomic E-state index is 0.394. The quantitative estimate of drug-likeness (QED) is 0.695. The summed E-state index contributed by atoms with van der Waals surface area (Å²) < 4.78 is 9.77. The normalized spacial score (nSPS) is 12.9. The number of rotatable bonds is 3. The molecular formula is C11H21NO4. The zero-order valence-electron chi connectivity index (χ0n) is 10.9. The Labute approximate surface area is 96.7 Å². The van der Waals surface area contributed by atoms with Gasteiger partial charge < -0.3 is 9.47 Å². The average molecular weight is 231 g/mol. The van der Waals surface area contributed by atoms with Crippen LogP contribution >= 0.6 is 0 Å². The molecule has 0 aliphatic rings. The number of likely N-dealkylation sites (N-methyl/N-ethyl adjacent to an activating group) is 1. The molecule has 0 N–H and O–H groups in total. The van der Waals surface area contributed by atoms with Gasteiger partial charge in [-0.25, -0.2) is 9.59 Å². The van der Waals surface area contributed by atoms with Crippen LogP contribution in [0.5, 0.6) is 0 Å². The van der Waals surface area contributed by atoms with Gasteiger partial charge in [0.2, 0.25) is 0 Å². The molecule has 0 aromatic heterocycles. The smallest absolute Gasteiger partial charge is 0.411 e. The van der Waals surface area contributed by atoms with Crippen LogP contribution < -0.4 is 0 Å². The molecule has 0 aromatic carbocycles. The van der Waals surface area contributed by atoms with Gasteiger partial charge in [0, 0.05) is 6.54 Å². The maximum atomic E-state index is 11.7. The largest absolute Gasteiger partial charge is 0.467 e. The number of ether oxygens (including phenoxy) is 2. The third kappa shape index (κ3) is 4.51. The van der Waals surface area contributed by atoms with Crippen molar-refractivity contribution < 1.29 is 19.1 Å². The molecular weight excluding hydrogens is 210 g/mol. The topological polar surface area (TPSA) is 55.8 Å². The average Bonchev–Trinajstić information content (AvgIpc) is 2.14. The highest BCUT2D eigenvalue weighted by Gasteiger charge is 2.29. The second-order valence-corrected chi connectivity index (χ2v) is 4.47. The summed E-state index contributed by atoms with van der Waals surface area (Å²) in [4.78, 5) is 24.4. The van der Waals surface area contributed by atoms with Crippen molar-refractivity contribution in [3.63, 3.8) is 0 Å². The summed E-state index contributed by atoms with van der Waals surface area (Å²) in [7, 11) is 1.29. The Morgan fingerprint density at radius 1 is 1.31 bits per heavy atom. The number of methoxy groups -OCH3 is 1. The molecule has 0 aliphatic carbocycles. The van der Waals surface area contributed by atoms with Gasteiger partial charge in [0.1, 0.15) is 11.6 Å². The Hall–Kier alpha value is -1.26. The standard InChI is InChI=1S/C11H21NO4/c1-7-12(8(2)9(13)15-6)10(14)16-11(3,4)5/h8H,7H2,1-6H3/t8-/m0/s1. The minimum atomic E-state index is -0.634. The molecule has 5 heteroatoms. The molecule has 0 heterocycles. The molecule has 0 saturated heterocycles. The summed E-state index contributed by atoms with van der Waals surface area (Å²) in [5.41, 5.74) is -0.569. The first-order valence-corrected chi connectivity index (χ1v) is 5.30. The number of carbonyl (C=O) groups excluding carboxylic acids is 2. The molecule has 0 fully saturated rings. The fourth-order valence-corrected chi connectivity index (χ4v) is 1.18. The highest BCUT2D eigenvalue weighted by atomic mass is 16.6. The van der Waals surface area contributed by atoms with E-state index in [2.05, 4.69) is 4.74 Å². The number of hydrogen-bond donors (Lipinski definition) is 0. The first-order valence-electron chi connectivity index (χ1n) is 5.30. The van der Waals surface area contributed by atoms with Crippen molar-refractivity contribution in [2.75, 3.05) is 13.7 Å². The van der Waals surface area contributed by atoms with E-state index in [0.717, 1.165) is 0 Å². The summed E-state index contributed by atoms with van der Waals surface area (Å²) in [5, 5.41) is 0. The molecule has 0 rings (SSSR count). The van der Waals surface area contributed by atoms with Crippen LogP contribution in [0.1, 0.15) is 34.6 Å². The molecule has 0 spiro atoms. The molecule has 16 heavy (non-hydrogen) atoms. The summed E-state index contributed by atoms with van der Waals surface area (Å²) >= 11 is 0. The second kappa shape index (κ2) is 5.72. The van der Waals surface area contributed by atoms with Crippen molar-refractivity contribution >= 4 is 12.1 Å². The zero-order chi connectivity index (χ0) is 12.9. The predicted octanol–water partition coefficient (Wildman–Crippen LogP) is 1.80. The predicted molar refractivity (Wildman–Crippen MR) is 60.1 cm³/mol. The van der Waals surface area contributed by atoms with Crippen molar-refractivity contribution in [2.45, 2.75) is 46.3 Å². The van der Waals surface area contributed by atoms with E-state index in [1.54, 1.807) is 34.6 Å². The molecule has 0 aromatic rings. The van der Waals surface area contributed by atoms with E-state index in [9.17, 15) is 9.59 Å². The molecule has 0 radical (unpaired) electrons. The maximum absolute atomic E-state index is 11.7. The van der Waals surface area contributed by atoms with Crippen molar-refractivity contribution in [3.8, 4) is 0 Å². The summed E-state index contributed by atoms with van der Waals surface area (Å²) in [5.74, 6) is -0.451. The Bertz CT molecular complexity index is 257. The molecule has 1 atom stereocenters. The van der Waals surface area contributed by atoms with Gasteiger partial charge in [0.15, 0.2) is 0 Å². The summed E-state index contributed by atoms with van der Waals surface area (Å²) in [6.07, 6.45) is -0.507. The van der Waals surface area contributed by atoms with Crippen molar-refractivity contribution in [3.05, 3.63) is 0 Å². The van der Waals surface area contributed by atoms with E-state index in [1.807, 2.05) is 0 Å². The van der Waals surface area contributed by atoms with Crippen LogP contribution in [0.4, 0.5) is 4.79 Å². The van der Waals surface area contributed by atoms with Gasteiger partial charge in [0.25, 0.3) is 0 Å². The van der Waals surface area contributed by atoms with Crippen molar-refractivity contribution in [2.24, 2.45) is 0 Å². The van der Waals surface area contributed by atoms with Crippen LogP contribution in [-0.4, -0.2) is 42.3 Å². The fourth-order valence-electron chi connectivity index (χ4n) is 1.18. The minimum Gasteiger partial charge on any atom is -0.467 e. The number of nitrogens with zero attached hydrogens (tertiary/aromatic N) is 1. The number of hydrogen-bond acceptors (Lipinski definition) is 4. The molecule has 0 saturated carbocycles. The summed E-state index contributed by atoms with van der Waals surface area (Å²) in [6, 6.07) is -0.634. The summed E-state index contributed by atoms with van der Waals surface area (Å²) in [6.45, 7) is 9.12. The van der Waals surface area contributed by atoms with Crippen LogP contribution in [0.2, 0.25) is 0 Å². The van der Waals surface area contributed by atoms with Gasteiger partial charge in [-0.05, 0) is 34.6 Å². The third-order valence-electron chi connectivity index (χ3n) is 1.98. The second-order valence-electron chi connectivity index (χ2n) is 4.47. The fraction of sp³-hybridized carbons (Fsp3) is 0.818. The highest BCUT2D eigenvalue weighted by molar-refractivity contribution is 5.81. The van der Waals surface area contributed by atoms with E-state index in [4.69, 9.17) is 4.74 Å². The number of amides is 1. The number of esters is 1. The van der Waals surface area contributed by atoms with Crippen molar-refractivity contribution in [1.82, 2.24) is 4.90 Å². The Balaban J connectivity index is 4.61. The Kier molecular flexibility index (Phi) is 5.27. The van der Waals surface area contributed by atoms with E-state index in [0.29, 0.717) is 6.54 Å². The van der Waals surface area contributed by atoms with E-state index >= 15 is 0 Å². The lowest BCUT2D eigenvalue weighted by atomic mass is 10.2. The monoisotopic (exact) mass is 231 g/mol. The van der Waals surface area contributed by atoms with E-state index in [-0.39, 0.29) is 0 Å². The van der Waals surface area contributed by atoms with Gasteiger partial charge >= 0.3 is 12.1 Å². The Morgan fingerprint density at radius 2 is 1.81 bits per heavy atom. The van der Waals surface area contributed by atoms with E-state index in [1.165, 1.54) is 12.0 Å². The molecule has 0 unspecified atom stereocenters. The van der Waals surface area contributed by atoms with Crippen LogP contribution in [0.3, 0.4) is 0 Å². The Morgan fingerprint density at radius 3 is 2.12 bits per heavy atom. The van der Waals surface area contributed by atoms with Crippen LogP contribution in [0, 0.1) is 0 Å². The molecule has 0 bridgehead atoms. The van der Waals surface area contributed by atoms with Crippen LogP contribution in [-0.2, 0) is 14.3 Å². The van der Waals surface area contributed by atoms with Gasteiger partial charge in [-0.15, -0.1) is 0 Å². The maximum Gasteiger partial charge on any atom is 0.411 e. The SMILES string of the molecule is CCN(C(=O)OC(C)(C)C)[C@@H](C)C(=O)OC. The lowest BCUT2D eigenvalue weighted by molar-refractivity contribution is -0.146. The van der Waals surface area contributed by atoms with Crippen LogP contribution in [0.15, 0.2) is 0 Å². The van der Waals surface area contributed by atoms with Gasteiger partial charge in [-0.2, -0.15) is 0 Å². The molecule has 0 aliphatic heterocycles. The molecule has 5 nitrogen and oxygen atoms in total. The van der Waals surface area contributed by atoms with Crippen molar-refractivity contribution in [1.29, 1.82) is 0 Å². The lowest BCUT2D eigenvalue weighted by Gasteiger charge is -2.29. The lowest BCUT2D eigenvalue weighted by Crippen LogP contribution is -2.45. The number of carbonyl (C=O) groups is 2. The zero-order valence-corrected chi connectivity index (χ0v) is 10.9. The first kappa shape index (κ1) is 14.7. The first-order chi connectivity index (χ1) is 7.22. The van der Waals surface area contributed by atoms with Gasteiger partial charge in [-0.1, -0.05) is 0 Å². The van der Waals surface area contributed by atoms with Crippen LogP contribution in [0.25, 0.3) is 0 Å². The highest BCUT2D eigenvalue weighted by Crippen LogP contribution is 2.12. The molecule has 1 amide bonds. The van der Waals surface area contributed by atoms with Gasteiger partial charge in [-0.3, -0.25) is 4.90 Å². The van der Waals surface area contributed by atoms with Gasteiger partial charge in [0.05, 0.1) is 7.11 Å².